The molecular weight excluding hydrogens is 278 g/mol. The molecule has 19 heavy (non-hydrogen) atoms. The van der Waals surface area contributed by atoms with Crippen molar-refractivity contribution >= 4 is 28.6 Å². The van der Waals surface area contributed by atoms with Gasteiger partial charge in [0.1, 0.15) is 5.75 Å². The first-order valence-electron chi connectivity index (χ1n) is 6.34. The highest BCUT2D eigenvalue weighted by molar-refractivity contribution is 7.10. The zero-order valence-electron chi connectivity index (χ0n) is 11.4. The summed E-state index contributed by atoms with van der Waals surface area (Å²) in [4.78, 5) is 1.35. The van der Waals surface area contributed by atoms with Crippen molar-refractivity contribution in [2.45, 2.75) is 26.8 Å². The van der Waals surface area contributed by atoms with Crippen molar-refractivity contribution in [2.75, 3.05) is 11.9 Å². The second-order valence-electron chi connectivity index (χ2n) is 4.41. The van der Waals surface area contributed by atoms with Crippen LogP contribution >= 0.6 is 22.9 Å². The fourth-order valence-electron chi connectivity index (χ4n) is 2.01. The number of halogens is 1. The van der Waals surface area contributed by atoms with Crippen molar-refractivity contribution in [1.82, 2.24) is 0 Å². The van der Waals surface area contributed by atoms with E-state index in [9.17, 15) is 0 Å². The summed E-state index contributed by atoms with van der Waals surface area (Å²) in [5.41, 5.74) is 2.33. The van der Waals surface area contributed by atoms with Gasteiger partial charge in [0.2, 0.25) is 0 Å². The molecule has 0 saturated carbocycles. The van der Waals surface area contributed by atoms with Gasteiger partial charge in [0.15, 0.2) is 0 Å². The van der Waals surface area contributed by atoms with Crippen LogP contribution in [0.2, 0.25) is 5.02 Å². The number of nitrogens with one attached hydrogen (secondary N) is 1. The number of aryl methyl sites for hydroxylation is 1. The quantitative estimate of drug-likeness (QED) is 0.810. The van der Waals surface area contributed by atoms with E-state index in [0.717, 1.165) is 11.4 Å². The Kier molecular flexibility index (Phi) is 4.72. The SMILES string of the molecule is CCOc1ccc(NC(C)c2sccc2C)cc1Cl. The van der Waals surface area contributed by atoms with E-state index in [0.29, 0.717) is 11.6 Å². The lowest BCUT2D eigenvalue weighted by Crippen LogP contribution is -2.06. The van der Waals surface area contributed by atoms with Gasteiger partial charge in [-0.25, -0.2) is 0 Å². The predicted molar refractivity (Wildman–Crippen MR) is 83.7 cm³/mol. The molecule has 0 bridgehead atoms. The average molecular weight is 296 g/mol. The molecule has 2 rings (SSSR count). The molecule has 1 aromatic heterocycles. The van der Waals surface area contributed by atoms with Gasteiger partial charge in [0.25, 0.3) is 0 Å². The van der Waals surface area contributed by atoms with Gasteiger partial charge in [-0.3, -0.25) is 0 Å². The number of hydrogen-bond donors (Lipinski definition) is 1. The third kappa shape index (κ3) is 3.43. The number of rotatable bonds is 5. The summed E-state index contributed by atoms with van der Waals surface area (Å²) in [6.45, 7) is 6.86. The van der Waals surface area contributed by atoms with Gasteiger partial charge in [0.05, 0.1) is 17.7 Å². The van der Waals surface area contributed by atoms with Crippen molar-refractivity contribution < 1.29 is 4.74 Å². The standard InChI is InChI=1S/C15H18ClNOS/c1-4-18-14-6-5-12(9-13(14)16)17-11(3)15-10(2)7-8-19-15/h5-9,11,17H,4H2,1-3H3. The van der Waals surface area contributed by atoms with E-state index in [4.69, 9.17) is 16.3 Å². The third-order valence-corrected chi connectivity index (χ3v) is 4.41. The van der Waals surface area contributed by atoms with Gasteiger partial charge >= 0.3 is 0 Å². The maximum absolute atomic E-state index is 6.19. The van der Waals surface area contributed by atoms with Crippen molar-refractivity contribution in [2.24, 2.45) is 0 Å². The number of benzene rings is 1. The summed E-state index contributed by atoms with van der Waals surface area (Å²) in [6.07, 6.45) is 0. The molecule has 2 nitrogen and oxygen atoms in total. The molecule has 0 radical (unpaired) electrons. The van der Waals surface area contributed by atoms with Crippen LogP contribution < -0.4 is 10.1 Å². The normalized spacial score (nSPS) is 12.2. The first kappa shape index (κ1) is 14.2. The van der Waals surface area contributed by atoms with E-state index >= 15 is 0 Å². The molecule has 4 heteroatoms. The topological polar surface area (TPSA) is 21.3 Å². The molecule has 1 unspecified atom stereocenters. The van der Waals surface area contributed by atoms with Gasteiger partial charge in [-0.1, -0.05) is 11.6 Å². The molecule has 0 amide bonds. The molecule has 0 saturated heterocycles. The highest BCUT2D eigenvalue weighted by atomic mass is 35.5. The van der Waals surface area contributed by atoms with Crippen LogP contribution in [0, 0.1) is 6.92 Å². The van der Waals surface area contributed by atoms with Crippen molar-refractivity contribution in [3.05, 3.63) is 45.1 Å². The van der Waals surface area contributed by atoms with Crippen molar-refractivity contribution in [1.29, 1.82) is 0 Å². The second-order valence-corrected chi connectivity index (χ2v) is 5.77. The van der Waals surface area contributed by atoms with E-state index in [2.05, 4.69) is 30.6 Å². The molecule has 1 atom stereocenters. The molecule has 0 aliphatic heterocycles. The lowest BCUT2D eigenvalue weighted by atomic mass is 10.2. The third-order valence-electron chi connectivity index (χ3n) is 2.91. The largest absolute Gasteiger partial charge is 0.492 e. The number of anilines is 1. The predicted octanol–water partition coefficient (Wildman–Crippen LogP) is 5.28. The van der Waals surface area contributed by atoms with Gasteiger partial charge in [-0.15, -0.1) is 11.3 Å². The van der Waals surface area contributed by atoms with Gasteiger partial charge in [-0.05, 0) is 56.0 Å². The second kappa shape index (κ2) is 6.31. The highest BCUT2D eigenvalue weighted by Gasteiger charge is 2.10. The van der Waals surface area contributed by atoms with E-state index in [1.165, 1.54) is 10.4 Å². The Morgan fingerprint density at radius 1 is 1.37 bits per heavy atom. The van der Waals surface area contributed by atoms with Gasteiger partial charge in [0, 0.05) is 10.6 Å². The lowest BCUT2D eigenvalue weighted by molar-refractivity contribution is 0.340. The van der Waals surface area contributed by atoms with E-state index in [-0.39, 0.29) is 6.04 Å². The highest BCUT2D eigenvalue weighted by Crippen LogP contribution is 2.31. The molecule has 0 aliphatic rings. The lowest BCUT2D eigenvalue weighted by Gasteiger charge is -2.16. The van der Waals surface area contributed by atoms with Crippen LogP contribution in [0.4, 0.5) is 5.69 Å². The molecule has 1 aromatic carbocycles. The molecular formula is C15H18ClNOS. The molecule has 0 fully saturated rings. The van der Waals surface area contributed by atoms with Crippen LogP contribution in [0.15, 0.2) is 29.6 Å². The summed E-state index contributed by atoms with van der Waals surface area (Å²) >= 11 is 7.96. The fourth-order valence-corrected chi connectivity index (χ4v) is 3.18. The van der Waals surface area contributed by atoms with Gasteiger partial charge in [-0.2, -0.15) is 0 Å². The van der Waals surface area contributed by atoms with Crippen LogP contribution in [-0.4, -0.2) is 6.61 Å². The summed E-state index contributed by atoms with van der Waals surface area (Å²) in [7, 11) is 0. The number of thiophene rings is 1. The first-order valence-corrected chi connectivity index (χ1v) is 7.60. The minimum Gasteiger partial charge on any atom is -0.492 e. The zero-order chi connectivity index (χ0) is 13.8. The van der Waals surface area contributed by atoms with Crippen LogP contribution in [-0.2, 0) is 0 Å². The van der Waals surface area contributed by atoms with Crippen molar-refractivity contribution in [3.8, 4) is 5.75 Å². The van der Waals surface area contributed by atoms with Crippen LogP contribution in [0.25, 0.3) is 0 Å². The summed E-state index contributed by atoms with van der Waals surface area (Å²) in [5, 5.41) is 6.23. The average Bonchev–Trinajstić information content (AvgIpc) is 2.79. The molecule has 0 aliphatic carbocycles. The molecule has 1 N–H and O–H groups in total. The first-order chi connectivity index (χ1) is 9.11. The Balaban J connectivity index is 2.11. The summed E-state index contributed by atoms with van der Waals surface area (Å²) in [5.74, 6) is 0.731. The smallest absolute Gasteiger partial charge is 0.138 e. The Morgan fingerprint density at radius 2 is 2.16 bits per heavy atom. The number of ether oxygens (including phenoxy) is 1. The fraction of sp³-hybridized carbons (Fsp3) is 0.333. The molecule has 0 spiro atoms. The molecule has 1 heterocycles. The monoisotopic (exact) mass is 295 g/mol. The van der Waals surface area contributed by atoms with E-state index in [1.807, 2.05) is 25.1 Å². The van der Waals surface area contributed by atoms with E-state index < -0.39 is 0 Å². The van der Waals surface area contributed by atoms with Crippen molar-refractivity contribution in [3.63, 3.8) is 0 Å². The Bertz CT molecular complexity index is 553. The minimum absolute atomic E-state index is 0.272. The summed E-state index contributed by atoms with van der Waals surface area (Å²) in [6, 6.07) is 8.22. The van der Waals surface area contributed by atoms with E-state index in [1.54, 1.807) is 11.3 Å². The molecule has 2 aromatic rings. The maximum atomic E-state index is 6.19. The zero-order valence-corrected chi connectivity index (χ0v) is 12.9. The maximum Gasteiger partial charge on any atom is 0.138 e. The van der Waals surface area contributed by atoms with Crippen LogP contribution in [0.3, 0.4) is 0 Å². The van der Waals surface area contributed by atoms with Crippen LogP contribution in [0.1, 0.15) is 30.3 Å². The summed E-state index contributed by atoms with van der Waals surface area (Å²) < 4.78 is 5.43. The minimum atomic E-state index is 0.272. The molecule has 102 valence electrons. The van der Waals surface area contributed by atoms with Gasteiger partial charge < -0.3 is 10.1 Å². The Hall–Kier alpha value is -1.19. The Morgan fingerprint density at radius 3 is 2.74 bits per heavy atom. The number of hydrogen-bond acceptors (Lipinski definition) is 3. The van der Waals surface area contributed by atoms with Crippen LogP contribution in [0.5, 0.6) is 5.75 Å². The Labute approximate surface area is 123 Å².